The summed E-state index contributed by atoms with van der Waals surface area (Å²) in [6, 6.07) is 11.8. The van der Waals surface area contributed by atoms with Gasteiger partial charge in [0.05, 0.1) is 29.2 Å². The van der Waals surface area contributed by atoms with Crippen LogP contribution in [0.3, 0.4) is 0 Å². The van der Waals surface area contributed by atoms with Crippen molar-refractivity contribution in [3.05, 3.63) is 66.6 Å². The molecule has 2 aromatic carbocycles. The van der Waals surface area contributed by atoms with E-state index < -0.39 is 0 Å². The Morgan fingerprint density at radius 3 is 2.58 bits per heavy atom. The highest BCUT2D eigenvalue weighted by molar-refractivity contribution is 5.86. The minimum atomic E-state index is -0.305. The van der Waals surface area contributed by atoms with Crippen molar-refractivity contribution in [2.24, 2.45) is 13.0 Å². The molecule has 0 aliphatic heterocycles. The zero-order valence-corrected chi connectivity index (χ0v) is 22.4. The monoisotopic (exact) mass is 511 g/mol. The highest BCUT2D eigenvalue weighted by Gasteiger charge is 2.36. The Morgan fingerprint density at radius 1 is 1.05 bits per heavy atom. The van der Waals surface area contributed by atoms with Gasteiger partial charge in [0.25, 0.3) is 0 Å². The maximum atomic E-state index is 9.21. The lowest BCUT2D eigenvalue weighted by atomic mass is 9.71. The summed E-state index contributed by atoms with van der Waals surface area (Å²) in [5.74, 6) is 3.65. The van der Waals surface area contributed by atoms with Crippen LogP contribution in [0, 0.1) is 19.8 Å². The second kappa shape index (κ2) is 10.3. The van der Waals surface area contributed by atoms with Gasteiger partial charge in [0, 0.05) is 18.8 Å². The molecule has 5 aromatic rings. The minimum Gasteiger partial charge on any atom is -0.457 e. The van der Waals surface area contributed by atoms with Gasteiger partial charge in [-0.3, -0.25) is 0 Å². The van der Waals surface area contributed by atoms with Crippen LogP contribution in [0.2, 0.25) is 0 Å². The Labute approximate surface area is 222 Å². The van der Waals surface area contributed by atoms with Gasteiger partial charge >= 0.3 is 0 Å². The van der Waals surface area contributed by atoms with Gasteiger partial charge in [0.15, 0.2) is 5.82 Å². The number of nitrogens with one attached hydrogen (secondary N) is 1. The quantitative estimate of drug-likeness (QED) is 0.295. The Kier molecular flexibility index (Phi) is 6.94. The van der Waals surface area contributed by atoms with E-state index in [1.54, 1.807) is 12.5 Å². The molecule has 1 saturated carbocycles. The first-order valence-electron chi connectivity index (χ1n) is 12.8. The van der Waals surface area contributed by atoms with E-state index in [0.29, 0.717) is 22.7 Å². The van der Waals surface area contributed by atoms with Crippen LogP contribution in [-0.2, 0) is 7.05 Å². The number of aliphatic hydroxyl groups is 1. The van der Waals surface area contributed by atoms with Crippen LogP contribution in [-0.4, -0.2) is 40.2 Å². The van der Waals surface area contributed by atoms with Crippen LogP contribution >= 0.6 is 0 Å². The number of fused-ring (bicyclic) bond motifs is 2. The first-order valence-corrected chi connectivity index (χ1v) is 12.8. The number of ether oxygens (including phenoxy) is 1. The second-order valence-corrected chi connectivity index (χ2v) is 10.3. The van der Waals surface area contributed by atoms with Crippen molar-refractivity contribution in [3.8, 4) is 11.5 Å². The number of aromatic nitrogens is 6. The number of aryl methyl sites for hydroxylation is 3. The summed E-state index contributed by atoms with van der Waals surface area (Å²) in [6.45, 7) is 7.94. The molecule has 0 bridgehead atoms. The second-order valence-electron chi connectivity index (χ2n) is 10.3. The first kappa shape index (κ1) is 25.5. The van der Waals surface area contributed by atoms with Crippen molar-refractivity contribution in [2.75, 3.05) is 5.32 Å². The molecule has 0 atom stereocenters. The lowest BCUT2D eigenvalue weighted by Crippen LogP contribution is -2.40. The molecular weight excluding hydrogens is 478 g/mol. The van der Waals surface area contributed by atoms with E-state index in [1.165, 1.54) is 12.7 Å². The molecule has 1 aliphatic carbocycles. The molecule has 9 heteroatoms. The molecule has 2 N–H and O–H groups in total. The predicted octanol–water partition coefficient (Wildman–Crippen LogP) is 6.02. The fraction of sp³-hybridized carbons (Fsp3) is 0.345. The van der Waals surface area contributed by atoms with Gasteiger partial charge in [-0.25, -0.2) is 24.9 Å². The number of anilines is 2. The van der Waals surface area contributed by atoms with Gasteiger partial charge in [-0.2, -0.15) is 0 Å². The molecule has 196 valence electrons. The third-order valence-corrected chi connectivity index (χ3v) is 6.89. The molecule has 0 saturated heterocycles. The van der Waals surface area contributed by atoms with E-state index in [9.17, 15) is 5.11 Å². The molecule has 1 aliphatic rings. The Balaban J connectivity index is 0.000000316. The summed E-state index contributed by atoms with van der Waals surface area (Å²) in [7, 11) is 1.97. The highest BCUT2D eigenvalue weighted by atomic mass is 16.5. The van der Waals surface area contributed by atoms with Crippen LogP contribution in [0.25, 0.3) is 22.1 Å². The summed E-state index contributed by atoms with van der Waals surface area (Å²) in [5, 5.41) is 12.5. The summed E-state index contributed by atoms with van der Waals surface area (Å²) in [5.41, 5.74) is 4.92. The molecule has 38 heavy (non-hydrogen) atoms. The van der Waals surface area contributed by atoms with Crippen LogP contribution in [0.4, 0.5) is 11.5 Å². The standard InChI is InChI=1S/C22H19N7O.C7H14O/c1-13-8-15(28-22-21-18(24-11-25-22)10-23-14(2)27-21)4-7-20(13)30-16-5-6-19-17(9-16)26-12-29(19)3;1-3-6-4-7(2,8)5-6/h4-12H,1-3H3,(H,24,25,28);6,8H,3-5H2,1-2H3. The van der Waals surface area contributed by atoms with Crippen LogP contribution < -0.4 is 10.1 Å². The summed E-state index contributed by atoms with van der Waals surface area (Å²) in [6.07, 6.45) is 8.26. The summed E-state index contributed by atoms with van der Waals surface area (Å²) >= 11 is 0. The largest absolute Gasteiger partial charge is 0.457 e. The lowest BCUT2D eigenvalue weighted by molar-refractivity contribution is -0.0577. The van der Waals surface area contributed by atoms with Crippen LogP contribution in [0.5, 0.6) is 11.5 Å². The number of hydrogen-bond acceptors (Lipinski definition) is 8. The third-order valence-electron chi connectivity index (χ3n) is 6.89. The van der Waals surface area contributed by atoms with Gasteiger partial charge in [-0.1, -0.05) is 13.3 Å². The molecule has 3 heterocycles. The van der Waals surface area contributed by atoms with Crippen molar-refractivity contribution in [3.63, 3.8) is 0 Å². The number of nitrogens with zero attached hydrogens (tertiary/aromatic N) is 6. The van der Waals surface area contributed by atoms with Crippen molar-refractivity contribution < 1.29 is 9.84 Å². The van der Waals surface area contributed by atoms with Crippen molar-refractivity contribution in [1.82, 2.24) is 29.5 Å². The Morgan fingerprint density at radius 2 is 1.87 bits per heavy atom. The van der Waals surface area contributed by atoms with Crippen molar-refractivity contribution in [2.45, 2.75) is 52.6 Å². The molecule has 0 amide bonds. The minimum absolute atomic E-state index is 0.305. The fourth-order valence-electron chi connectivity index (χ4n) is 4.79. The smallest absolute Gasteiger partial charge is 0.160 e. The topological polar surface area (TPSA) is 111 Å². The van der Waals surface area contributed by atoms with Crippen LogP contribution in [0.1, 0.15) is 44.5 Å². The Bertz CT molecular complexity index is 1590. The first-order chi connectivity index (χ1) is 18.2. The molecule has 1 fully saturated rings. The molecule has 0 unspecified atom stereocenters. The van der Waals surface area contributed by atoms with E-state index in [1.807, 2.05) is 68.8 Å². The van der Waals surface area contributed by atoms with E-state index in [-0.39, 0.29) is 5.60 Å². The SMILES string of the molecule is CCC1CC(C)(O)C1.Cc1ncc2ncnc(Nc3ccc(Oc4ccc5c(c4)ncn5C)c(C)c3)c2n1. The molecule has 9 nitrogen and oxygen atoms in total. The average Bonchev–Trinajstić information content (AvgIpc) is 3.24. The molecule has 0 radical (unpaired) electrons. The molecular formula is C29H33N7O2. The zero-order chi connectivity index (χ0) is 26.9. The number of hydrogen-bond donors (Lipinski definition) is 2. The van der Waals surface area contributed by atoms with Gasteiger partial charge in [0.1, 0.15) is 34.7 Å². The Hall–Kier alpha value is -4.11. The summed E-state index contributed by atoms with van der Waals surface area (Å²) < 4.78 is 8.07. The van der Waals surface area contributed by atoms with Gasteiger partial charge in [-0.05, 0) is 75.4 Å². The van der Waals surface area contributed by atoms with E-state index >= 15 is 0 Å². The van der Waals surface area contributed by atoms with E-state index in [2.05, 4.69) is 37.2 Å². The molecule has 6 rings (SSSR count). The lowest BCUT2D eigenvalue weighted by Gasteiger charge is -2.40. The third kappa shape index (κ3) is 5.57. The van der Waals surface area contributed by atoms with Gasteiger partial charge in [0.2, 0.25) is 0 Å². The van der Waals surface area contributed by atoms with Gasteiger partial charge < -0.3 is 19.7 Å². The van der Waals surface area contributed by atoms with Crippen molar-refractivity contribution in [1.29, 1.82) is 0 Å². The molecule has 3 aromatic heterocycles. The predicted molar refractivity (Wildman–Crippen MR) is 149 cm³/mol. The van der Waals surface area contributed by atoms with Crippen molar-refractivity contribution >= 4 is 33.6 Å². The number of imidazole rings is 1. The average molecular weight is 512 g/mol. The highest BCUT2D eigenvalue weighted by Crippen LogP contribution is 2.38. The van der Waals surface area contributed by atoms with Crippen LogP contribution in [0.15, 0.2) is 55.2 Å². The summed E-state index contributed by atoms with van der Waals surface area (Å²) in [4.78, 5) is 21.6. The fourth-order valence-corrected chi connectivity index (χ4v) is 4.79. The zero-order valence-electron chi connectivity index (χ0n) is 22.4. The number of rotatable bonds is 5. The number of benzene rings is 2. The van der Waals surface area contributed by atoms with E-state index in [4.69, 9.17) is 4.74 Å². The maximum absolute atomic E-state index is 9.21. The normalized spacial score (nSPS) is 18.5. The molecule has 0 spiro atoms. The maximum Gasteiger partial charge on any atom is 0.160 e. The van der Waals surface area contributed by atoms with Gasteiger partial charge in [-0.15, -0.1) is 0 Å². The van der Waals surface area contributed by atoms with E-state index in [0.717, 1.165) is 52.5 Å².